The van der Waals surface area contributed by atoms with Crippen molar-refractivity contribution in [1.82, 2.24) is 0 Å². The molecule has 0 aliphatic heterocycles. The summed E-state index contributed by atoms with van der Waals surface area (Å²) in [6.07, 6.45) is 0. The van der Waals surface area contributed by atoms with Gasteiger partial charge in [-0.1, -0.05) is 29.4 Å². The predicted octanol–water partition coefficient (Wildman–Crippen LogP) is 3.26. The zero-order valence-electron chi connectivity index (χ0n) is 13.2. The molecule has 5 nitrogen and oxygen atoms in total. The van der Waals surface area contributed by atoms with E-state index in [0.717, 1.165) is 10.8 Å². The van der Waals surface area contributed by atoms with Crippen LogP contribution in [0.1, 0.15) is 27.7 Å². The average molecular weight is 300 g/mol. The standard InChI is InChI=1S/C17H20N2O3/c1-11(17(3,4)18)19-22-16-10-9-15(21-12(2)20)13-7-5-6-8-14(13)16/h5-10H,18H2,1-4H3. The molecule has 2 rings (SSSR count). The number of carbonyl (C=O) groups excluding carboxylic acids is 1. The minimum atomic E-state index is -0.548. The Morgan fingerprint density at radius 1 is 1.05 bits per heavy atom. The Morgan fingerprint density at radius 3 is 2.14 bits per heavy atom. The van der Waals surface area contributed by atoms with Crippen LogP contribution in [0.3, 0.4) is 0 Å². The van der Waals surface area contributed by atoms with Gasteiger partial charge in [0.25, 0.3) is 0 Å². The van der Waals surface area contributed by atoms with E-state index in [2.05, 4.69) is 5.16 Å². The molecule has 0 fully saturated rings. The Hall–Kier alpha value is -2.40. The molecule has 0 aliphatic rings. The highest BCUT2D eigenvalue weighted by Crippen LogP contribution is 2.33. The summed E-state index contributed by atoms with van der Waals surface area (Å²) in [5.41, 5.74) is 6.10. The quantitative estimate of drug-likeness (QED) is 0.407. The van der Waals surface area contributed by atoms with Gasteiger partial charge in [0.1, 0.15) is 5.75 Å². The zero-order chi connectivity index (χ0) is 16.3. The lowest BCUT2D eigenvalue weighted by atomic mass is 10.0. The second-order valence-electron chi connectivity index (χ2n) is 5.69. The monoisotopic (exact) mass is 300 g/mol. The second kappa shape index (κ2) is 6.15. The lowest BCUT2D eigenvalue weighted by molar-refractivity contribution is -0.131. The summed E-state index contributed by atoms with van der Waals surface area (Å²) >= 11 is 0. The third-order valence-corrected chi connectivity index (χ3v) is 3.31. The van der Waals surface area contributed by atoms with E-state index in [-0.39, 0.29) is 5.97 Å². The first kappa shape index (κ1) is 16.0. The van der Waals surface area contributed by atoms with E-state index < -0.39 is 5.54 Å². The van der Waals surface area contributed by atoms with Crippen molar-refractivity contribution >= 4 is 22.5 Å². The normalized spacial score (nSPS) is 12.3. The molecule has 22 heavy (non-hydrogen) atoms. The first-order valence-electron chi connectivity index (χ1n) is 7.00. The lowest BCUT2D eigenvalue weighted by Crippen LogP contribution is -2.40. The maximum absolute atomic E-state index is 11.2. The van der Waals surface area contributed by atoms with Crippen LogP contribution >= 0.6 is 0 Å². The first-order chi connectivity index (χ1) is 10.3. The molecular formula is C17H20N2O3. The number of esters is 1. The molecule has 0 bridgehead atoms. The molecule has 2 aromatic rings. The molecule has 0 heterocycles. The number of hydrogen-bond acceptors (Lipinski definition) is 5. The van der Waals surface area contributed by atoms with E-state index in [9.17, 15) is 4.79 Å². The van der Waals surface area contributed by atoms with Gasteiger partial charge in [-0.05, 0) is 32.9 Å². The summed E-state index contributed by atoms with van der Waals surface area (Å²) in [7, 11) is 0. The molecule has 0 atom stereocenters. The van der Waals surface area contributed by atoms with Gasteiger partial charge in [-0.25, -0.2) is 0 Å². The predicted molar refractivity (Wildman–Crippen MR) is 87.3 cm³/mol. The molecule has 0 radical (unpaired) electrons. The molecule has 2 N–H and O–H groups in total. The molecule has 5 heteroatoms. The van der Waals surface area contributed by atoms with Crippen molar-refractivity contribution in [2.75, 3.05) is 0 Å². The van der Waals surface area contributed by atoms with Crippen LogP contribution in [0, 0.1) is 0 Å². The highest BCUT2D eigenvalue weighted by atomic mass is 16.6. The number of rotatable bonds is 4. The summed E-state index contributed by atoms with van der Waals surface area (Å²) in [5, 5.41) is 5.69. The molecule has 2 aromatic carbocycles. The zero-order valence-corrected chi connectivity index (χ0v) is 13.2. The minimum absolute atomic E-state index is 0.363. The molecule has 0 saturated carbocycles. The van der Waals surface area contributed by atoms with Crippen molar-refractivity contribution in [3.05, 3.63) is 36.4 Å². The second-order valence-corrected chi connectivity index (χ2v) is 5.69. The Balaban J connectivity index is 2.42. The van der Waals surface area contributed by atoms with Gasteiger partial charge >= 0.3 is 5.97 Å². The number of ether oxygens (including phenoxy) is 1. The number of nitrogens with two attached hydrogens (primary N) is 1. The van der Waals surface area contributed by atoms with Crippen LogP contribution in [0.5, 0.6) is 11.5 Å². The Labute approximate surface area is 129 Å². The number of benzene rings is 2. The largest absolute Gasteiger partial charge is 0.426 e. The minimum Gasteiger partial charge on any atom is -0.426 e. The van der Waals surface area contributed by atoms with Gasteiger partial charge in [0.2, 0.25) is 0 Å². The first-order valence-corrected chi connectivity index (χ1v) is 7.00. The molecule has 0 unspecified atom stereocenters. The highest BCUT2D eigenvalue weighted by molar-refractivity contribution is 5.95. The molecule has 0 aromatic heterocycles. The van der Waals surface area contributed by atoms with Crippen molar-refractivity contribution in [3.8, 4) is 11.5 Å². The molecular weight excluding hydrogens is 280 g/mol. The van der Waals surface area contributed by atoms with Crippen LogP contribution in [0.25, 0.3) is 10.8 Å². The smallest absolute Gasteiger partial charge is 0.308 e. The number of fused-ring (bicyclic) bond motifs is 1. The van der Waals surface area contributed by atoms with Gasteiger partial charge in [-0.2, -0.15) is 0 Å². The van der Waals surface area contributed by atoms with Crippen LogP contribution in [0.15, 0.2) is 41.6 Å². The number of nitrogens with zero attached hydrogens (tertiary/aromatic N) is 1. The van der Waals surface area contributed by atoms with E-state index in [1.165, 1.54) is 6.92 Å². The molecule has 0 spiro atoms. The van der Waals surface area contributed by atoms with Crippen LogP contribution in [-0.2, 0) is 4.79 Å². The lowest BCUT2D eigenvalue weighted by Gasteiger charge is -2.17. The van der Waals surface area contributed by atoms with Crippen molar-refractivity contribution in [3.63, 3.8) is 0 Å². The van der Waals surface area contributed by atoms with E-state index in [0.29, 0.717) is 17.2 Å². The maximum atomic E-state index is 11.2. The number of carbonyl (C=O) groups is 1. The molecule has 116 valence electrons. The third-order valence-electron chi connectivity index (χ3n) is 3.31. The van der Waals surface area contributed by atoms with Gasteiger partial charge in [0, 0.05) is 17.7 Å². The van der Waals surface area contributed by atoms with E-state index in [1.807, 2.05) is 45.0 Å². The third kappa shape index (κ3) is 3.62. The number of oxime groups is 1. The Bertz CT molecular complexity index is 730. The van der Waals surface area contributed by atoms with Gasteiger partial charge in [0.05, 0.1) is 11.3 Å². The van der Waals surface area contributed by atoms with E-state index in [1.54, 1.807) is 12.1 Å². The fourth-order valence-corrected chi connectivity index (χ4v) is 1.80. The van der Waals surface area contributed by atoms with Crippen LogP contribution < -0.4 is 15.3 Å². The number of hydrogen-bond donors (Lipinski definition) is 1. The fourth-order valence-electron chi connectivity index (χ4n) is 1.80. The van der Waals surface area contributed by atoms with E-state index >= 15 is 0 Å². The topological polar surface area (TPSA) is 73.9 Å². The van der Waals surface area contributed by atoms with Crippen LogP contribution in [-0.4, -0.2) is 17.2 Å². The Kier molecular flexibility index (Phi) is 4.47. The summed E-state index contributed by atoms with van der Waals surface area (Å²) in [5.74, 6) is 0.711. The summed E-state index contributed by atoms with van der Waals surface area (Å²) in [6.45, 7) is 6.90. The van der Waals surface area contributed by atoms with Crippen LogP contribution in [0.4, 0.5) is 0 Å². The van der Waals surface area contributed by atoms with Crippen molar-refractivity contribution in [2.24, 2.45) is 10.9 Å². The van der Waals surface area contributed by atoms with Crippen molar-refractivity contribution < 1.29 is 14.4 Å². The SMILES string of the molecule is CC(=O)Oc1ccc(ON=C(C)C(C)(C)N)c2ccccc12. The molecule has 0 amide bonds. The van der Waals surface area contributed by atoms with Gasteiger partial charge < -0.3 is 15.3 Å². The van der Waals surface area contributed by atoms with Gasteiger partial charge in [0.15, 0.2) is 5.75 Å². The molecule has 0 aliphatic carbocycles. The van der Waals surface area contributed by atoms with Crippen LogP contribution in [0.2, 0.25) is 0 Å². The fraction of sp³-hybridized carbons (Fsp3) is 0.294. The van der Waals surface area contributed by atoms with Crippen molar-refractivity contribution in [1.29, 1.82) is 0 Å². The summed E-state index contributed by atoms with van der Waals surface area (Å²) in [4.78, 5) is 16.7. The average Bonchev–Trinajstić information content (AvgIpc) is 2.44. The summed E-state index contributed by atoms with van der Waals surface area (Å²) in [6, 6.07) is 10.9. The van der Waals surface area contributed by atoms with E-state index in [4.69, 9.17) is 15.3 Å². The molecule has 0 saturated heterocycles. The maximum Gasteiger partial charge on any atom is 0.308 e. The Morgan fingerprint density at radius 2 is 1.59 bits per heavy atom. The van der Waals surface area contributed by atoms with Gasteiger partial charge in [-0.3, -0.25) is 4.79 Å². The van der Waals surface area contributed by atoms with Gasteiger partial charge in [-0.15, -0.1) is 0 Å². The summed E-state index contributed by atoms with van der Waals surface area (Å²) < 4.78 is 5.21. The van der Waals surface area contributed by atoms with Crippen molar-refractivity contribution in [2.45, 2.75) is 33.2 Å². The highest BCUT2D eigenvalue weighted by Gasteiger charge is 2.16.